The van der Waals surface area contributed by atoms with E-state index in [1.165, 1.54) is 6.21 Å². The van der Waals surface area contributed by atoms with E-state index in [9.17, 15) is 9.59 Å². The van der Waals surface area contributed by atoms with Crippen LogP contribution in [-0.4, -0.2) is 44.4 Å². The van der Waals surface area contributed by atoms with Crippen molar-refractivity contribution >= 4 is 18.0 Å². The first-order valence-electron chi connectivity index (χ1n) is 9.46. The fourth-order valence-electron chi connectivity index (χ4n) is 2.47. The number of nitrogens with zero attached hydrogens (tertiary/aromatic N) is 1. The van der Waals surface area contributed by atoms with Gasteiger partial charge in [0.2, 0.25) is 0 Å². The van der Waals surface area contributed by atoms with Crippen LogP contribution >= 0.6 is 0 Å². The van der Waals surface area contributed by atoms with E-state index in [0.717, 1.165) is 5.56 Å². The summed E-state index contributed by atoms with van der Waals surface area (Å²) >= 11 is 0. The highest BCUT2D eigenvalue weighted by atomic mass is 16.5. The van der Waals surface area contributed by atoms with Crippen LogP contribution in [0.4, 0.5) is 0 Å². The summed E-state index contributed by atoms with van der Waals surface area (Å²) in [6, 6.07) is 11.2. The first-order valence-corrected chi connectivity index (χ1v) is 9.46. The molecule has 0 saturated carbocycles. The molecule has 2 rings (SSSR count). The van der Waals surface area contributed by atoms with E-state index < -0.39 is 11.9 Å². The monoisotopic (exact) mass is 413 g/mol. The van der Waals surface area contributed by atoms with Crippen LogP contribution in [0.5, 0.6) is 17.2 Å². The van der Waals surface area contributed by atoms with E-state index in [1.807, 2.05) is 13.8 Å². The minimum atomic E-state index is -0.770. The highest BCUT2D eigenvalue weighted by Gasteiger charge is 2.16. The summed E-state index contributed by atoms with van der Waals surface area (Å²) in [4.78, 5) is 24.4. The van der Waals surface area contributed by atoms with Crippen LogP contribution in [0.3, 0.4) is 0 Å². The van der Waals surface area contributed by atoms with Crippen LogP contribution in [0.1, 0.15) is 36.7 Å². The molecule has 0 aliphatic carbocycles. The largest absolute Gasteiger partial charge is 0.497 e. The molecule has 2 aromatic rings. The van der Waals surface area contributed by atoms with Crippen molar-refractivity contribution in [2.45, 2.75) is 32.9 Å². The zero-order valence-corrected chi connectivity index (χ0v) is 17.8. The molecular weight excluding hydrogens is 386 g/mol. The predicted molar refractivity (Wildman–Crippen MR) is 114 cm³/mol. The predicted octanol–water partition coefficient (Wildman–Crippen LogP) is 2.76. The van der Waals surface area contributed by atoms with Gasteiger partial charge in [-0.3, -0.25) is 9.59 Å². The molecule has 0 aromatic heterocycles. The van der Waals surface area contributed by atoms with Gasteiger partial charge in [0, 0.05) is 5.56 Å². The molecule has 160 valence electrons. The third-order valence-corrected chi connectivity index (χ3v) is 4.03. The molecule has 0 aliphatic heterocycles. The van der Waals surface area contributed by atoms with Gasteiger partial charge in [0.25, 0.3) is 11.8 Å². The van der Waals surface area contributed by atoms with Crippen molar-refractivity contribution in [1.82, 2.24) is 10.7 Å². The van der Waals surface area contributed by atoms with Gasteiger partial charge in [-0.15, -0.1) is 0 Å². The summed E-state index contributed by atoms with van der Waals surface area (Å²) < 4.78 is 16.0. The SMILES string of the molecule is COc1ccc(C(=O)NC(C)C(=O)NN=Cc2ccc(OC(C)C)c(OC)c2)cc1. The summed E-state index contributed by atoms with van der Waals surface area (Å²) in [5, 5.41) is 6.57. The number of ether oxygens (including phenoxy) is 3. The Kier molecular flexibility index (Phi) is 8.22. The molecule has 1 unspecified atom stereocenters. The summed E-state index contributed by atoms with van der Waals surface area (Å²) in [5.74, 6) is 1.03. The molecule has 8 nitrogen and oxygen atoms in total. The van der Waals surface area contributed by atoms with Crippen molar-refractivity contribution in [3.8, 4) is 17.2 Å². The van der Waals surface area contributed by atoms with Gasteiger partial charge in [0.1, 0.15) is 11.8 Å². The summed E-state index contributed by atoms with van der Waals surface area (Å²) in [7, 11) is 3.10. The van der Waals surface area contributed by atoms with Gasteiger partial charge < -0.3 is 19.5 Å². The Hall–Kier alpha value is -3.55. The number of methoxy groups -OCH3 is 2. The van der Waals surface area contributed by atoms with Crippen molar-refractivity contribution in [3.63, 3.8) is 0 Å². The molecule has 0 bridgehead atoms. The fraction of sp³-hybridized carbons (Fsp3) is 0.318. The summed E-state index contributed by atoms with van der Waals surface area (Å²) in [5.41, 5.74) is 3.56. The van der Waals surface area contributed by atoms with Crippen LogP contribution in [0.25, 0.3) is 0 Å². The second-order valence-corrected chi connectivity index (χ2v) is 6.73. The number of carbonyl (C=O) groups excluding carboxylic acids is 2. The number of carbonyl (C=O) groups is 2. The van der Waals surface area contributed by atoms with E-state index in [1.54, 1.807) is 63.6 Å². The Morgan fingerprint density at radius 3 is 2.27 bits per heavy atom. The van der Waals surface area contributed by atoms with E-state index in [4.69, 9.17) is 14.2 Å². The maximum absolute atomic E-state index is 12.2. The molecule has 0 fully saturated rings. The maximum Gasteiger partial charge on any atom is 0.262 e. The second kappa shape index (κ2) is 10.8. The van der Waals surface area contributed by atoms with Gasteiger partial charge in [-0.1, -0.05) is 0 Å². The number of rotatable bonds is 9. The molecule has 0 heterocycles. The summed E-state index contributed by atoms with van der Waals surface area (Å²) in [6.45, 7) is 5.44. The van der Waals surface area contributed by atoms with Gasteiger partial charge in [0.05, 0.1) is 26.5 Å². The Balaban J connectivity index is 1.92. The number of hydrazone groups is 1. The number of nitrogens with one attached hydrogen (secondary N) is 2. The highest BCUT2D eigenvalue weighted by Crippen LogP contribution is 2.28. The molecule has 2 aromatic carbocycles. The lowest BCUT2D eigenvalue weighted by atomic mass is 10.2. The van der Waals surface area contributed by atoms with E-state index in [-0.39, 0.29) is 12.0 Å². The average Bonchev–Trinajstić information content (AvgIpc) is 2.74. The van der Waals surface area contributed by atoms with Crippen LogP contribution < -0.4 is 25.0 Å². The smallest absolute Gasteiger partial charge is 0.262 e. The number of hydrogen-bond acceptors (Lipinski definition) is 6. The van der Waals surface area contributed by atoms with Crippen LogP contribution in [-0.2, 0) is 4.79 Å². The Labute approximate surface area is 176 Å². The van der Waals surface area contributed by atoms with Gasteiger partial charge in [-0.05, 0) is 68.8 Å². The van der Waals surface area contributed by atoms with Gasteiger partial charge in [-0.25, -0.2) is 5.43 Å². The van der Waals surface area contributed by atoms with Crippen LogP contribution in [0, 0.1) is 0 Å². The molecule has 0 spiro atoms. The number of benzene rings is 2. The minimum Gasteiger partial charge on any atom is -0.497 e. The zero-order chi connectivity index (χ0) is 22.1. The normalized spacial score (nSPS) is 11.8. The quantitative estimate of drug-likeness (QED) is 0.487. The lowest BCUT2D eigenvalue weighted by molar-refractivity contribution is -0.122. The van der Waals surface area contributed by atoms with E-state index in [2.05, 4.69) is 15.8 Å². The Morgan fingerprint density at radius 1 is 0.967 bits per heavy atom. The molecule has 2 amide bonds. The topological polar surface area (TPSA) is 98.2 Å². The van der Waals surface area contributed by atoms with Gasteiger partial charge >= 0.3 is 0 Å². The molecule has 0 radical (unpaired) electrons. The summed E-state index contributed by atoms with van der Waals surface area (Å²) in [6.07, 6.45) is 1.50. The Bertz CT molecular complexity index is 894. The zero-order valence-electron chi connectivity index (χ0n) is 17.8. The second-order valence-electron chi connectivity index (χ2n) is 6.73. The van der Waals surface area contributed by atoms with Crippen LogP contribution in [0.15, 0.2) is 47.6 Å². The van der Waals surface area contributed by atoms with Crippen molar-refractivity contribution in [1.29, 1.82) is 0 Å². The van der Waals surface area contributed by atoms with Crippen molar-refractivity contribution in [2.24, 2.45) is 5.10 Å². The van der Waals surface area contributed by atoms with Crippen LogP contribution in [0.2, 0.25) is 0 Å². The van der Waals surface area contributed by atoms with E-state index in [0.29, 0.717) is 22.8 Å². The average molecular weight is 413 g/mol. The van der Waals surface area contributed by atoms with Crippen molar-refractivity contribution < 1.29 is 23.8 Å². The maximum atomic E-state index is 12.2. The lowest BCUT2D eigenvalue weighted by Crippen LogP contribution is -2.43. The van der Waals surface area contributed by atoms with Crippen molar-refractivity contribution in [2.75, 3.05) is 14.2 Å². The molecule has 2 N–H and O–H groups in total. The van der Waals surface area contributed by atoms with Crippen molar-refractivity contribution in [3.05, 3.63) is 53.6 Å². The fourth-order valence-corrected chi connectivity index (χ4v) is 2.47. The molecule has 1 atom stereocenters. The van der Waals surface area contributed by atoms with E-state index >= 15 is 0 Å². The lowest BCUT2D eigenvalue weighted by Gasteiger charge is -2.14. The molecule has 30 heavy (non-hydrogen) atoms. The molecule has 8 heteroatoms. The van der Waals surface area contributed by atoms with Gasteiger partial charge in [0.15, 0.2) is 11.5 Å². The van der Waals surface area contributed by atoms with Gasteiger partial charge in [-0.2, -0.15) is 5.10 Å². The minimum absolute atomic E-state index is 0.0207. The third kappa shape index (κ3) is 6.51. The number of hydrogen-bond donors (Lipinski definition) is 2. The Morgan fingerprint density at radius 2 is 1.67 bits per heavy atom. The highest BCUT2D eigenvalue weighted by molar-refractivity contribution is 5.97. The third-order valence-electron chi connectivity index (χ3n) is 4.03. The first kappa shape index (κ1) is 22.7. The molecule has 0 aliphatic rings. The molecule has 0 saturated heterocycles. The number of amides is 2. The molecular formula is C22H27N3O5. The standard InChI is InChI=1S/C22H27N3O5/c1-14(2)30-19-11-6-16(12-20(19)29-5)13-23-25-21(26)15(3)24-22(27)17-7-9-18(28-4)10-8-17/h6-15H,1-5H3,(H,24,27)(H,25,26). The first-order chi connectivity index (χ1) is 14.3.